The molecule has 5 heteroatoms. The highest BCUT2D eigenvalue weighted by molar-refractivity contribution is 6.00. The van der Waals surface area contributed by atoms with E-state index in [0.29, 0.717) is 31.0 Å². The number of rotatable bonds is 7. The number of para-hydroxylation sites is 2. The molecule has 5 nitrogen and oxygen atoms in total. The van der Waals surface area contributed by atoms with Crippen molar-refractivity contribution in [1.82, 2.24) is 5.32 Å². The van der Waals surface area contributed by atoms with Gasteiger partial charge < -0.3 is 15.4 Å². The number of nitrogens with one attached hydrogen (secondary N) is 2. The highest BCUT2D eigenvalue weighted by atomic mass is 16.5. The van der Waals surface area contributed by atoms with Crippen molar-refractivity contribution >= 4 is 17.5 Å². The zero-order valence-electron chi connectivity index (χ0n) is 14.2. The molecule has 2 atom stereocenters. The van der Waals surface area contributed by atoms with Gasteiger partial charge >= 0.3 is 0 Å². The van der Waals surface area contributed by atoms with Crippen LogP contribution in [0.4, 0.5) is 5.69 Å². The molecule has 0 aliphatic heterocycles. The second-order valence-electron chi connectivity index (χ2n) is 6.07. The van der Waals surface area contributed by atoms with Gasteiger partial charge in [-0.1, -0.05) is 42.5 Å². The van der Waals surface area contributed by atoms with Gasteiger partial charge in [-0.25, -0.2) is 0 Å². The molecule has 1 aliphatic carbocycles. The van der Waals surface area contributed by atoms with Gasteiger partial charge in [-0.05, 0) is 31.0 Å². The summed E-state index contributed by atoms with van der Waals surface area (Å²) in [6.45, 7) is 2.91. The molecule has 0 radical (unpaired) electrons. The summed E-state index contributed by atoms with van der Waals surface area (Å²) in [5, 5.41) is 5.77. The van der Waals surface area contributed by atoms with E-state index >= 15 is 0 Å². The maximum Gasteiger partial charge on any atom is 0.228 e. The van der Waals surface area contributed by atoms with Crippen LogP contribution in [0.1, 0.15) is 18.9 Å². The predicted molar refractivity (Wildman–Crippen MR) is 96.1 cm³/mol. The van der Waals surface area contributed by atoms with Gasteiger partial charge in [0.2, 0.25) is 11.8 Å². The van der Waals surface area contributed by atoms with Crippen LogP contribution in [0.5, 0.6) is 5.75 Å². The van der Waals surface area contributed by atoms with E-state index in [-0.39, 0.29) is 23.7 Å². The Kier molecular flexibility index (Phi) is 5.33. The van der Waals surface area contributed by atoms with Crippen molar-refractivity contribution in [3.8, 4) is 5.75 Å². The van der Waals surface area contributed by atoms with Crippen molar-refractivity contribution in [2.75, 3.05) is 11.9 Å². The van der Waals surface area contributed by atoms with Crippen molar-refractivity contribution in [1.29, 1.82) is 0 Å². The highest BCUT2D eigenvalue weighted by Gasteiger charge is 2.48. The fourth-order valence-electron chi connectivity index (χ4n) is 2.77. The van der Waals surface area contributed by atoms with Gasteiger partial charge in [0.1, 0.15) is 5.75 Å². The average Bonchev–Trinajstić information content (AvgIpc) is 3.43. The normalized spacial score (nSPS) is 18.3. The van der Waals surface area contributed by atoms with Gasteiger partial charge in [0.15, 0.2) is 0 Å². The zero-order chi connectivity index (χ0) is 17.6. The van der Waals surface area contributed by atoms with E-state index in [1.165, 1.54) is 0 Å². The molecule has 2 amide bonds. The minimum Gasteiger partial charge on any atom is -0.492 e. The van der Waals surface area contributed by atoms with Crippen molar-refractivity contribution in [2.45, 2.75) is 19.9 Å². The SMILES string of the molecule is CCOc1ccccc1NC(=O)C1CC1C(=O)NCc1ccccc1. The molecule has 3 rings (SSSR count). The van der Waals surface area contributed by atoms with E-state index < -0.39 is 0 Å². The summed E-state index contributed by atoms with van der Waals surface area (Å²) in [5.41, 5.74) is 1.69. The largest absolute Gasteiger partial charge is 0.492 e. The lowest BCUT2D eigenvalue weighted by molar-refractivity contribution is -0.125. The molecular weight excluding hydrogens is 316 g/mol. The molecule has 0 spiro atoms. The molecule has 2 unspecified atom stereocenters. The van der Waals surface area contributed by atoms with E-state index in [9.17, 15) is 9.59 Å². The molecule has 0 heterocycles. The molecule has 2 N–H and O–H groups in total. The van der Waals surface area contributed by atoms with E-state index in [1.54, 1.807) is 6.07 Å². The third-order valence-corrected chi connectivity index (χ3v) is 4.22. The van der Waals surface area contributed by atoms with Crippen molar-refractivity contribution in [3.05, 3.63) is 60.2 Å². The first-order valence-electron chi connectivity index (χ1n) is 8.53. The topological polar surface area (TPSA) is 67.4 Å². The lowest BCUT2D eigenvalue weighted by Crippen LogP contribution is -2.27. The number of anilines is 1. The maximum atomic E-state index is 12.4. The van der Waals surface area contributed by atoms with Crippen LogP contribution in [0.15, 0.2) is 54.6 Å². The van der Waals surface area contributed by atoms with Crippen molar-refractivity contribution in [3.63, 3.8) is 0 Å². The van der Waals surface area contributed by atoms with Crippen LogP contribution in [0.2, 0.25) is 0 Å². The first-order valence-corrected chi connectivity index (χ1v) is 8.53. The minimum absolute atomic E-state index is 0.0675. The average molecular weight is 338 g/mol. The first-order chi connectivity index (χ1) is 12.2. The lowest BCUT2D eigenvalue weighted by atomic mass is 10.2. The second-order valence-corrected chi connectivity index (χ2v) is 6.07. The van der Waals surface area contributed by atoms with E-state index in [0.717, 1.165) is 5.56 Å². The first kappa shape index (κ1) is 17.0. The Hall–Kier alpha value is -2.82. The summed E-state index contributed by atoms with van der Waals surface area (Å²) in [5.74, 6) is -0.0772. The van der Waals surface area contributed by atoms with E-state index in [2.05, 4.69) is 10.6 Å². The molecule has 1 aliphatic rings. The summed E-state index contributed by atoms with van der Waals surface area (Å²) >= 11 is 0. The number of carbonyl (C=O) groups is 2. The third kappa shape index (κ3) is 4.38. The molecule has 2 aromatic carbocycles. The van der Waals surface area contributed by atoms with Crippen molar-refractivity contribution in [2.24, 2.45) is 11.8 Å². The molecule has 2 aromatic rings. The van der Waals surface area contributed by atoms with Crippen LogP contribution in [-0.4, -0.2) is 18.4 Å². The fourth-order valence-corrected chi connectivity index (χ4v) is 2.77. The Bertz CT molecular complexity index is 746. The van der Waals surface area contributed by atoms with Crippen LogP contribution < -0.4 is 15.4 Å². The molecule has 0 aromatic heterocycles. The minimum atomic E-state index is -0.273. The van der Waals surface area contributed by atoms with Gasteiger partial charge in [-0.15, -0.1) is 0 Å². The standard InChI is InChI=1S/C20H22N2O3/c1-2-25-18-11-7-6-10-17(18)22-20(24)16-12-15(16)19(23)21-13-14-8-4-3-5-9-14/h3-11,15-16H,2,12-13H2,1H3,(H,21,23)(H,22,24). The van der Waals surface area contributed by atoms with Crippen molar-refractivity contribution < 1.29 is 14.3 Å². The van der Waals surface area contributed by atoms with E-state index in [4.69, 9.17) is 4.74 Å². The Morgan fingerprint density at radius 1 is 1.00 bits per heavy atom. The molecule has 0 saturated heterocycles. The van der Waals surface area contributed by atoms with Crippen LogP contribution in [-0.2, 0) is 16.1 Å². The van der Waals surface area contributed by atoms with Gasteiger partial charge in [0.25, 0.3) is 0 Å². The van der Waals surface area contributed by atoms with Crippen LogP contribution in [0.3, 0.4) is 0 Å². The number of carbonyl (C=O) groups excluding carboxylic acids is 2. The molecule has 1 saturated carbocycles. The van der Waals surface area contributed by atoms with Crippen LogP contribution in [0.25, 0.3) is 0 Å². The zero-order valence-corrected chi connectivity index (χ0v) is 14.2. The Balaban J connectivity index is 1.51. The summed E-state index contributed by atoms with van der Waals surface area (Å²) in [6.07, 6.45) is 0.587. The number of hydrogen-bond acceptors (Lipinski definition) is 3. The second kappa shape index (κ2) is 7.83. The summed E-state index contributed by atoms with van der Waals surface area (Å²) < 4.78 is 5.51. The third-order valence-electron chi connectivity index (χ3n) is 4.22. The smallest absolute Gasteiger partial charge is 0.228 e. The molecule has 130 valence electrons. The Labute approximate surface area is 147 Å². The number of hydrogen-bond donors (Lipinski definition) is 2. The Morgan fingerprint density at radius 2 is 1.68 bits per heavy atom. The van der Waals surface area contributed by atoms with Crippen LogP contribution >= 0.6 is 0 Å². The van der Waals surface area contributed by atoms with Gasteiger partial charge in [0, 0.05) is 6.54 Å². The quantitative estimate of drug-likeness (QED) is 0.815. The monoisotopic (exact) mass is 338 g/mol. The van der Waals surface area contributed by atoms with Gasteiger partial charge in [0.05, 0.1) is 24.1 Å². The number of ether oxygens (including phenoxy) is 1. The lowest BCUT2D eigenvalue weighted by Gasteiger charge is -2.11. The predicted octanol–water partition coefficient (Wildman–Crippen LogP) is 2.98. The molecule has 1 fully saturated rings. The number of amides is 2. The molecule has 25 heavy (non-hydrogen) atoms. The fraction of sp³-hybridized carbons (Fsp3) is 0.300. The molecular formula is C20H22N2O3. The maximum absolute atomic E-state index is 12.4. The van der Waals surface area contributed by atoms with E-state index in [1.807, 2.05) is 55.5 Å². The Morgan fingerprint density at radius 3 is 2.44 bits per heavy atom. The highest BCUT2D eigenvalue weighted by Crippen LogP contribution is 2.40. The summed E-state index contributed by atoms with van der Waals surface area (Å²) in [4.78, 5) is 24.6. The summed E-state index contributed by atoms with van der Waals surface area (Å²) in [7, 11) is 0. The summed E-state index contributed by atoms with van der Waals surface area (Å²) in [6, 6.07) is 17.0. The van der Waals surface area contributed by atoms with Gasteiger partial charge in [-0.3, -0.25) is 9.59 Å². The molecule has 0 bridgehead atoms. The van der Waals surface area contributed by atoms with Gasteiger partial charge in [-0.2, -0.15) is 0 Å². The number of benzene rings is 2. The van der Waals surface area contributed by atoms with Crippen LogP contribution in [0, 0.1) is 11.8 Å².